The van der Waals surface area contributed by atoms with E-state index in [1.807, 2.05) is 30.3 Å². The monoisotopic (exact) mass is 389 g/mol. The highest BCUT2D eigenvalue weighted by Gasteiger charge is 2.15. The molecular formula is C18H16ClN3O3S. The van der Waals surface area contributed by atoms with Gasteiger partial charge in [0.15, 0.2) is 5.82 Å². The molecule has 26 heavy (non-hydrogen) atoms. The molecule has 2 N–H and O–H groups in total. The van der Waals surface area contributed by atoms with Crippen molar-refractivity contribution in [2.75, 3.05) is 11.9 Å². The van der Waals surface area contributed by atoms with Crippen LogP contribution in [0, 0.1) is 0 Å². The molecule has 0 fully saturated rings. The molecule has 0 aliphatic rings. The molecule has 0 aliphatic heterocycles. The van der Waals surface area contributed by atoms with Crippen molar-refractivity contribution >= 4 is 34.7 Å². The summed E-state index contributed by atoms with van der Waals surface area (Å²) in [5, 5.41) is 12.2. The molecule has 0 saturated carbocycles. The minimum atomic E-state index is -1.10. The van der Waals surface area contributed by atoms with Crippen LogP contribution in [0.5, 0.6) is 0 Å². The number of benzene rings is 1. The second kappa shape index (κ2) is 8.16. The van der Waals surface area contributed by atoms with Gasteiger partial charge in [0.1, 0.15) is 6.54 Å². The number of carbonyl (C=O) groups is 1. The van der Waals surface area contributed by atoms with Gasteiger partial charge in [0.25, 0.3) is 5.56 Å². The number of halogens is 1. The molecular weight excluding hydrogens is 374 g/mol. The SMILES string of the molecule is O=C(O)Cn1c(-c2ccc(Cl)s2)cnc(NCCc2ccccc2)c1=O. The molecule has 3 aromatic rings. The van der Waals surface area contributed by atoms with Crippen molar-refractivity contribution in [1.29, 1.82) is 0 Å². The van der Waals surface area contributed by atoms with Gasteiger partial charge in [0.2, 0.25) is 0 Å². The number of hydrogen-bond donors (Lipinski definition) is 2. The summed E-state index contributed by atoms with van der Waals surface area (Å²) in [4.78, 5) is 28.8. The van der Waals surface area contributed by atoms with Crippen molar-refractivity contribution in [2.45, 2.75) is 13.0 Å². The lowest BCUT2D eigenvalue weighted by atomic mass is 10.1. The maximum absolute atomic E-state index is 12.7. The lowest BCUT2D eigenvalue weighted by Gasteiger charge is -2.12. The van der Waals surface area contributed by atoms with Crippen LogP contribution in [0.2, 0.25) is 4.34 Å². The first-order valence-electron chi connectivity index (χ1n) is 7.90. The zero-order valence-electron chi connectivity index (χ0n) is 13.7. The smallest absolute Gasteiger partial charge is 0.323 e. The highest BCUT2D eigenvalue weighted by Crippen LogP contribution is 2.30. The Morgan fingerprint density at radius 1 is 1.23 bits per heavy atom. The van der Waals surface area contributed by atoms with E-state index in [-0.39, 0.29) is 5.82 Å². The molecule has 0 amide bonds. The fourth-order valence-corrected chi connectivity index (χ4v) is 3.58. The Hall–Kier alpha value is -2.64. The molecule has 0 saturated heterocycles. The molecule has 0 unspecified atom stereocenters. The number of carboxylic acids is 1. The predicted octanol–water partition coefficient (Wildman–Crippen LogP) is 3.36. The van der Waals surface area contributed by atoms with Crippen molar-refractivity contribution < 1.29 is 9.90 Å². The van der Waals surface area contributed by atoms with Gasteiger partial charge in [-0.25, -0.2) is 4.98 Å². The minimum absolute atomic E-state index is 0.133. The van der Waals surface area contributed by atoms with Crippen LogP contribution in [0.3, 0.4) is 0 Å². The predicted molar refractivity (Wildman–Crippen MR) is 103 cm³/mol. The number of nitrogens with zero attached hydrogens (tertiary/aromatic N) is 2. The van der Waals surface area contributed by atoms with Crippen LogP contribution < -0.4 is 10.9 Å². The zero-order chi connectivity index (χ0) is 18.5. The van der Waals surface area contributed by atoms with Crippen LogP contribution in [0.1, 0.15) is 5.56 Å². The fourth-order valence-electron chi connectivity index (χ4n) is 2.52. The third-order valence-electron chi connectivity index (χ3n) is 3.72. The minimum Gasteiger partial charge on any atom is -0.480 e. The Morgan fingerprint density at radius 3 is 2.65 bits per heavy atom. The second-order valence-corrected chi connectivity index (χ2v) is 7.26. The Morgan fingerprint density at radius 2 is 2.00 bits per heavy atom. The molecule has 8 heteroatoms. The zero-order valence-corrected chi connectivity index (χ0v) is 15.3. The van der Waals surface area contributed by atoms with E-state index in [0.717, 1.165) is 12.0 Å². The first-order chi connectivity index (χ1) is 12.5. The first kappa shape index (κ1) is 18.2. The van der Waals surface area contributed by atoms with Gasteiger partial charge in [0.05, 0.1) is 21.1 Å². The summed E-state index contributed by atoms with van der Waals surface area (Å²) in [5.74, 6) is -0.967. The molecule has 2 aromatic heterocycles. The molecule has 3 rings (SSSR count). The number of aromatic nitrogens is 2. The number of rotatable bonds is 7. The van der Waals surface area contributed by atoms with Crippen LogP contribution in [0.15, 0.2) is 53.5 Å². The highest BCUT2D eigenvalue weighted by atomic mass is 35.5. The summed E-state index contributed by atoms with van der Waals surface area (Å²) < 4.78 is 1.75. The second-order valence-electron chi connectivity index (χ2n) is 5.54. The van der Waals surface area contributed by atoms with E-state index in [2.05, 4.69) is 10.3 Å². The van der Waals surface area contributed by atoms with Gasteiger partial charge in [-0.1, -0.05) is 41.9 Å². The Labute approximate surface area is 158 Å². The molecule has 6 nitrogen and oxygen atoms in total. The Bertz CT molecular complexity index is 969. The number of aliphatic carboxylic acids is 1. The normalized spacial score (nSPS) is 10.7. The summed E-state index contributed by atoms with van der Waals surface area (Å²) >= 11 is 7.21. The van der Waals surface area contributed by atoms with E-state index in [1.165, 1.54) is 22.1 Å². The van der Waals surface area contributed by atoms with Gasteiger partial charge in [-0.05, 0) is 24.1 Å². The number of anilines is 1. The summed E-state index contributed by atoms with van der Waals surface area (Å²) in [6.07, 6.45) is 2.22. The van der Waals surface area contributed by atoms with Crippen molar-refractivity contribution in [3.05, 3.63) is 68.9 Å². The molecule has 134 valence electrons. The van der Waals surface area contributed by atoms with Crippen LogP contribution in [0.25, 0.3) is 10.6 Å². The summed E-state index contributed by atoms with van der Waals surface area (Å²) in [5.41, 5.74) is 1.10. The summed E-state index contributed by atoms with van der Waals surface area (Å²) in [7, 11) is 0. The van der Waals surface area contributed by atoms with Crippen LogP contribution in [0.4, 0.5) is 5.82 Å². The number of hydrogen-bond acceptors (Lipinski definition) is 5. The van der Waals surface area contributed by atoms with Crippen molar-refractivity contribution in [2.24, 2.45) is 0 Å². The molecule has 0 aliphatic carbocycles. The van der Waals surface area contributed by atoms with E-state index in [1.54, 1.807) is 12.1 Å². The molecule has 1 aromatic carbocycles. The molecule has 0 bridgehead atoms. The largest absolute Gasteiger partial charge is 0.480 e. The maximum atomic E-state index is 12.7. The molecule has 0 atom stereocenters. The lowest BCUT2D eigenvalue weighted by molar-refractivity contribution is -0.137. The molecule has 2 heterocycles. The topological polar surface area (TPSA) is 84.2 Å². The van der Waals surface area contributed by atoms with Gasteiger partial charge in [-0.2, -0.15) is 0 Å². The summed E-state index contributed by atoms with van der Waals surface area (Å²) in [6.45, 7) is 0.0725. The van der Waals surface area contributed by atoms with E-state index in [9.17, 15) is 9.59 Å². The number of carboxylic acid groups (broad SMARTS) is 1. The van der Waals surface area contributed by atoms with Crippen LogP contribution >= 0.6 is 22.9 Å². The molecule has 0 radical (unpaired) electrons. The average molecular weight is 390 g/mol. The van der Waals surface area contributed by atoms with Gasteiger partial charge >= 0.3 is 5.97 Å². The van der Waals surface area contributed by atoms with Crippen molar-refractivity contribution in [1.82, 2.24) is 9.55 Å². The Kier molecular flexibility index (Phi) is 5.70. The van der Waals surface area contributed by atoms with Crippen LogP contribution in [-0.2, 0) is 17.8 Å². The van der Waals surface area contributed by atoms with Crippen molar-refractivity contribution in [3.63, 3.8) is 0 Å². The fraction of sp³-hybridized carbons (Fsp3) is 0.167. The van der Waals surface area contributed by atoms with Crippen molar-refractivity contribution in [3.8, 4) is 10.6 Å². The number of nitrogens with one attached hydrogen (secondary N) is 1. The van der Waals surface area contributed by atoms with E-state index in [0.29, 0.717) is 21.5 Å². The lowest BCUT2D eigenvalue weighted by Crippen LogP contribution is -2.29. The van der Waals surface area contributed by atoms with Gasteiger partial charge < -0.3 is 10.4 Å². The molecule has 0 spiro atoms. The number of thiophene rings is 1. The maximum Gasteiger partial charge on any atom is 0.323 e. The standard InChI is InChI=1S/C18H16ClN3O3S/c19-15-7-6-14(26-15)13-10-21-17(18(25)22(13)11-16(23)24)20-9-8-12-4-2-1-3-5-12/h1-7,10H,8-9,11H2,(H,20,21)(H,23,24). The average Bonchev–Trinajstić information content (AvgIpc) is 3.05. The van der Waals surface area contributed by atoms with E-state index in [4.69, 9.17) is 16.7 Å². The van der Waals surface area contributed by atoms with E-state index < -0.39 is 18.1 Å². The summed E-state index contributed by atoms with van der Waals surface area (Å²) in [6, 6.07) is 13.3. The third kappa shape index (κ3) is 4.30. The quantitative estimate of drug-likeness (QED) is 0.647. The third-order valence-corrected chi connectivity index (χ3v) is 4.98. The van der Waals surface area contributed by atoms with Gasteiger partial charge in [-0.15, -0.1) is 11.3 Å². The van der Waals surface area contributed by atoms with Crippen LogP contribution in [-0.4, -0.2) is 27.2 Å². The van der Waals surface area contributed by atoms with Gasteiger partial charge in [-0.3, -0.25) is 14.2 Å². The highest BCUT2D eigenvalue weighted by molar-refractivity contribution is 7.19. The van der Waals surface area contributed by atoms with Gasteiger partial charge in [0, 0.05) is 6.54 Å². The first-order valence-corrected chi connectivity index (χ1v) is 9.09. The van der Waals surface area contributed by atoms with E-state index >= 15 is 0 Å². The Balaban J connectivity index is 1.85.